The highest BCUT2D eigenvalue weighted by Crippen LogP contribution is 2.32. The van der Waals surface area contributed by atoms with Gasteiger partial charge in [-0.15, -0.1) is 0 Å². The molecule has 0 N–H and O–H groups in total. The molecule has 0 aliphatic carbocycles. The van der Waals surface area contributed by atoms with Crippen LogP contribution in [-0.2, 0) is 11.2 Å². The van der Waals surface area contributed by atoms with Crippen molar-refractivity contribution in [2.24, 2.45) is 0 Å². The van der Waals surface area contributed by atoms with Gasteiger partial charge in [0.05, 0.1) is 12.7 Å². The molecule has 23 heavy (non-hydrogen) atoms. The quantitative estimate of drug-likeness (QED) is 0.627. The smallest absolute Gasteiger partial charge is 0.337 e. The summed E-state index contributed by atoms with van der Waals surface area (Å²) in [6, 6.07) is 12.3. The molecule has 0 radical (unpaired) electrons. The molecule has 1 heterocycles. The Bertz CT molecular complexity index is 734. The number of hydrogen-bond donors (Lipinski definition) is 0. The van der Waals surface area contributed by atoms with Crippen molar-refractivity contribution in [2.75, 3.05) is 13.9 Å². The highest BCUT2D eigenvalue weighted by Gasteiger charge is 2.16. The van der Waals surface area contributed by atoms with Crippen molar-refractivity contribution in [3.05, 3.63) is 59.2 Å². The minimum Gasteiger partial charge on any atom is -0.465 e. The Kier molecular flexibility index (Phi) is 4.28. The molecule has 0 unspecified atom stereocenters. The van der Waals surface area contributed by atoms with E-state index in [0.717, 1.165) is 5.56 Å². The summed E-state index contributed by atoms with van der Waals surface area (Å²) < 4.78 is 15.2. The lowest BCUT2D eigenvalue weighted by Gasteiger charge is -2.04. The van der Waals surface area contributed by atoms with Crippen molar-refractivity contribution in [3.8, 4) is 11.5 Å². The van der Waals surface area contributed by atoms with E-state index in [2.05, 4.69) is 4.74 Å². The molecule has 2 aromatic carbocycles. The average molecular weight is 312 g/mol. The molecule has 0 aromatic heterocycles. The molecular weight excluding hydrogens is 296 g/mol. The Morgan fingerprint density at radius 3 is 2.43 bits per heavy atom. The summed E-state index contributed by atoms with van der Waals surface area (Å²) >= 11 is 0. The molecule has 0 amide bonds. The van der Waals surface area contributed by atoms with Crippen LogP contribution >= 0.6 is 0 Å². The summed E-state index contributed by atoms with van der Waals surface area (Å²) in [4.78, 5) is 23.6. The van der Waals surface area contributed by atoms with Crippen molar-refractivity contribution in [1.29, 1.82) is 0 Å². The Labute approximate surface area is 133 Å². The lowest BCUT2D eigenvalue weighted by molar-refractivity contribution is 0.0600. The zero-order valence-corrected chi connectivity index (χ0v) is 12.7. The molecule has 0 saturated carbocycles. The van der Waals surface area contributed by atoms with Crippen LogP contribution in [0.1, 0.15) is 32.7 Å². The minimum absolute atomic E-state index is 0.0420. The molecule has 0 bridgehead atoms. The number of fused-ring (bicyclic) bond motifs is 1. The van der Waals surface area contributed by atoms with E-state index in [9.17, 15) is 9.59 Å². The number of carbonyl (C=O) groups excluding carboxylic acids is 2. The highest BCUT2D eigenvalue weighted by atomic mass is 16.7. The van der Waals surface area contributed by atoms with Crippen LogP contribution in [0, 0.1) is 0 Å². The number of hydrogen-bond acceptors (Lipinski definition) is 5. The molecule has 0 saturated heterocycles. The van der Waals surface area contributed by atoms with Crippen LogP contribution in [0.2, 0.25) is 0 Å². The van der Waals surface area contributed by atoms with E-state index in [1.807, 2.05) is 12.1 Å². The first kappa shape index (κ1) is 15.1. The van der Waals surface area contributed by atoms with Crippen LogP contribution in [0.5, 0.6) is 11.5 Å². The fourth-order valence-electron chi connectivity index (χ4n) is 2.40. The highest BCUT2D eigenvalue weighted by molar-refractivity contribution is 5.96. The van der Waals surface area contributed by atoms with E-state index in [1.165, 1.54) is 7.11 Å². The van der Waals surface area contributed by atoms with Gasteiger partial charge in [-0.25, -0.2) is 4.79 Å². The van der Waals surface area contributed by atoms with Crippen LogP contribution in [0.15, 0.2) is 42.5 Å². The zero-order chi connectivity index (χ0) is 16.2. The van der Waals surface area contributed by atoms with Crippen LogP contribution in [-0.4, -0.2) is 25.7 Å². The first-order valence-electron chi connectivity index (χ1n) is 7.27. The summed E-state index contributed by atoms with van der Waals surface area (Å²) in [5.41, 5.74) is 2.10. The maximum absolute atomic E-state index is 12.3. The summed E-state index contributed by atoms with van der Waals surface area (Å²) in [6.07, 6.45) is 0.992. The number of Topliss-reactive ketones (excluding diaryl/α,β-unsaturated/α-hetero) is 1. The van der Waals surface area contributed by atoms with Crippen LogP contribution in [0.3, 0.4) is 0 Å². The first-order valence-corrected chi connectivity index (χ1v) is 7.27. The van der Waals surface area contributed by atoms with Crippen molar-refractivity contribution in [1.82, 2.24) is 0 Å². The minimum atomic E-state index is -0.368. The molecule has 1 aliphatic rings. The standard InChI is InChI=1S/C18H16O5/c1-21-18(20)13-5-2-12(3-6-13)4-8-15(19)14-7-9-16-17(10-14)23-11-22-16/h2-3,5-7,9-10H,4,8,11H2,1H3. The topological polar surface area (TPSA) is 61.8 Å². The average Bonchev–Trinajstić information content (AvgIpc) is 3.07. The maximum Gasteiger partial charge on any atom is 0.337 e. The lowest BCUT2D eigenvalue weighted by atomic mass is 10.0. The summed E-state index contributed by atoms with van der Waals surface area (Å²) in [6.45, 7) is 0.194. The van der Waals surface area contributed by atoms with Gasteiger partial charge in [0.15, 0.2) is 17.3 Å². The third kappa shape index (κ3) is 3.34. The fourth-order valence-corrected chi connectivity index (χ4v) is 2.40. The lowest BCUT2D eigenvalue weighted by Crippen LogP contribution is -2.03. The van der Waals surface area contributed by atoms with Crippen LogP contribution in [0.25, 0.3) is 0 Å². The SMILES string of the molecule is COC(=O)c1ccc(CCC(=O)c2ccc3c(c2)OCO3)cc1. The second-order valence-electron chi connectivity index (χ2n) is 5.18. The normalized spacial score (nSPS) is 12.0. The predicted octanol–water partition coefficient (Wildman–Crippen LogP) is 3.02. The molecule has 5 nitrogen and oxygen atoms in total. The Hall–Kier alpha value is -2.82. The van der Waals surface area contributed by atoms with E-state index < -0.39 is 0 Å². The predicted molar refractivity (Wildman–Crippen MR) is 83.0 cm³/mol. The largest absolute Gasteiger partial charge is 0.465 e. The fraction of sp³-hybridized carbons (Fsp3) is 0.222. The van der Waals surface area contributed by atoms with Crippen molar-refractivity contribution < 1.29 is 23.8 Å². The zero-order valence-electron chi connectivity index (χ0n) is 12.7. The van der Waals surface area contributed by atoms with Crippen LogP contribution < -0.4 is 9.47 Å². The second-order valence-corrected chi connectivity index (χ2v) is 5.18. The summed E-state index contributed by atoms with van der Waals surface area (Å²) in [5.74, 6) is 0.951. The van der Waals surface area contributed by atoms with Crippen molar-refractivity contribution in [3.63, 3.8) is 0 Å². The molecule has 0 spiro atoms. The number of esters is 1. The third-order valence-corrected chi connectivity index (χ3v) is 3.71. The van der Waals surface area contributed by atoms with E-state index >= 15 is 0 Å². The molecular formula is C18H16O5. The van der Waals surface area contributed by atoms with Gasteiger partial charge in [0.25, 0.3) is 0 Å². The Balaban J connectivity index is 1.61. The number of benzene rings is 2. The van der Waals surface area contributed by atoms with Gasteiger partial charge in [-0.2, -0.15) is 0 Å². The molecule has 0 fully saturated rings. The first-order chi connectivity index (χ1) is 11.2. The molecule has 2 aromatic rings. The maximum atomic E-state index is 12.3. The molecule has 3 rings (SSSR count). The number of carbonyl (C=O) groups is 2. The molecule has 118 valence electrons. The van der Waals surface area contributed by atoms with Gasteiger partial charge in [-0.3, -0.25) is 4.79 Å². The van der Waals surface area contributed by atoms with Gasteiger partial charge < -0.3 is 14.2 Å². The summed E-state index contributed by atoms with van der Waals surface area (Å²) in [5, 5.41) is 0. The molecule has 1 aliphatic heterocycles. The van der Waals surface area contributed by atoms with E-state index in [4.69, 9.17) is 9.47 Å². The number of ether oxygens (including phenoxy) is 3. The molecule has 5 heteroatoms. The van der Waals surface area contributed by atoms with E-state index in [-0.39, 0.29) is 18.5 Å². The molecule has 0 atom stereocenters. The number of ketones is 1. The van der Waals surface area contributed by atoms with Gasteiger partial charge in [0.2, 0.25) is 6.79 Å². The number of methoxy groups -OCH3 is 1. The number of aryl methyl sites for hydroxylation is 1. The Morgan fingerprint density at radius 1 is 1.00 bits per heavy atom. The second kappa shape index (κ2) is 6.52. The van der Waals surface area contributed by atoms with E-state index in [1.54, 1.807) is 30.3 Å². The Morgan fingerprint density at radius 2 is 1.70 bits per heavy atom. The monoisotopic (exact) mass is 312 g/mol. The van der Waals surface area contributed by atoms with E-state index in [0.29, 0.717) is 35.5 Å². The van der Waals surface area contributed by atoms with Gasteiger partial charge >= 0.3 is 5.97 Å². The van der Waals surface area contributed by atoms with Crippen molar-refractivity contribution >= 4 is 11.8 Å². The van der Waals surface area contributed by atoms with Crippen molar-refractivity contribution in [2.45, 2.75) is 12.8 Å². The third-order valence-electron chi connectivity index (χ3n) is 3.71. The van der Waals surface area contributed by atoms with Gasteiger partial charge in [0.1, 0.15) is 0 Å². The van der Waals surface area contributed by atoms with Gasteiger partial charge in [0, 0.05) is 12.0 Å². The number of rotatable bonds is 5. The summed E-state index contributed by atoms with van der Waals surface area (Å²) in [7, 11) is 1.35. The van der Waals surface area contributed by atoms with Gasteiger partial charge in [-0.1, -0.05) is 12.1 Å². The van der Waals surface area contributed by atoms with Gasteiger partial charge in [-0.05, 0) is 42.3 Å². The van der Waals surface area contributed by atoms with Crippen LogP contribution in [0.4, 0.5) is 0 Å².